The first kappa shape index (κ1) is 23.2. The van der Waals surface area contributed by atoms with Gasteiger partial charge in [0, 0.05) is 36.8 Å². The molecule has 0 saturated heterocycles. The van der Waals surface area contributed by atoms with Crippen molar-refractivity contribution in [2.24, 2.45) is 0 Å². The number of hydrogen-bond acceptors (Lipinski definition) is 1. The van der Waals surface area contributed by atoms with Crippen molar-refractivity contribution < 1.29 is 23.4 Å². The van der Waals surface area contributed by atoms with E-state index in [9.17, 15) is 4.79 Å². The second-order valence-electron chi connectivity index (χ2n) is 5.22. The van der Waals surface area contributed by atoms with Gasteiger partial charge >= 0.3 is 0 Å². The molecule has 0 amide bonds. The second kappa shape index (κ2) is 13.5. The van der Waals surface area contributed by atoms with Crippen LogP contribution >= 0.6 is 0 Å². The molecule has 1 radical (unpaired) electrons. The first-order chi connectivity index (χ1) is 11.8. The minimum absolute atomic E-state index is 0. The zero-order valence-electron chi connectivity index (χ0n) is 15.7. The van der Waals surface area contributed by atoms with Crippen LogP contribution in [0.1, 0.15) is 45.2 Å². The molecule has 25 heavy (non-hydrogen) atoms. The van der Waals surface area contributed by atoms with Crippen LogP contribution in [-0.4, -0.2) is 10.9 Å². The fourth-order valence-electron chi connectivity index (χ4n) is 2.38. The Bertz CT molecular complexity index is 716. The molecule has 0 saturated carbocycles. The van der Waals surface area contributed by atoms with Crippen LogP contribution in [0.5, 0.6) is 0 Å². The van der Waals surface area contributed by atoms with Crippen molar-refractivity contribution in [2.75, 3.05) is 0 Å². The third kappa shape index (κ3) is 7.33. The number of para-hydroxylation sites is 1. The molecule has 1 aromatic heterocycles. The Morgan fingerprint density at radius 1 is 0.920 bits per heavy atom. The summed E-state index contributed by atoms with van der Waals surface area (Å²) >= 11 is 0. The largest absolute Gasteiger partial charge is 0.376 e. The van der Waals surface area contributed by atoms with Crippen molar-refractivity contribution in [1.82, 2.24) is 4.57 Å². The van der Waals surface area contributed by atoms with E-state index in [2.05, 4.69) is 54.9 Å². The molecule has 0 aliphatic carbocycles. The molecule has 0 unspecified atom stereocenters. The van der Waals surface area contributed by atoms with Crippen LogP contribution in [0.3, 0.4) is 0 Å². The first-order valence-corrected chi connectivity index (χ1v) is 8.79. The fourth-order valence-corrected chi connectivity index (χ4v) is 2.38. The van der Waals surface area contributed by atoms with E-state index >= 15 is 0 Å². The van der Waals surface area contributed by atoms with E-state index in [0.717, 1.165) is 13.0 Å². The van der Waals surface area contributed by atoms with E-state index in [0.29, 0.717) is 5.56 Å². The molecule has 2 aromatic carbocycles. The Kier molecular flexibility index (Phi) is 12.6. The zero-order valence-corrected chi connectivity index (χ0v) is 17.1. The summed E-state index contributed by atoms with van der Waals surface area (Å²) in [5.41, 5.74) is 3.22. The van der Waals surface area contributed by atoms with Crippen molar-refractivity contribution in [1.29, 1.82) is 0 Å². The van der Waals surface area contributed by atoms with Crippen LogP contribution < -0.4 is 0 Å². The number of aromatic nitrogens is 1. The van der Waals surface area contributed by atoms with Crippen LogP contribution in [0.15, 0.2) is 60.8 Å². The number of rotatable bonds is 4. The van der Waals surface area contributed by atoms with Crippen molar-refractivity contribution in [3.63, 3.8) is 0 Å². The zero-order chi connectivity index (χ0) is 17.8. The van der Waals surface area contributed by atoms with E-state index < -0.39 is 0 Å². The van der Waals surface area contributed by atoms with Gasteiger partial charge in [0.1, 0.15) is 0 Å². The van der Waals surface area contributed by atoms with Gasteiger partial charge in [0.25, 0.3) is 0 Å². The number of carbonyl (C=O) groups excluding carboxylic acids is 1. The smallest absolute Gasteiger partial charge is 0.0627 e. The van der Waals surface area contributed by atoms with Crippen LogP contribution in [0, 0.1) is 0 Å². The topological polar surface area (TPSA) is 22.0 Å². The normalized spacial score (nSPS) is 9.12. The van der Waals surface area contributed by atoms with Crippen molar-refractivity contribution in [3.05, 3.63) is 71.9 Å². The number of hydrogen-bond donors (Lipinski definition) is 0. The maximum absolute atomic E-state index is 10.1. The summed E-state index contributed by atoms with van der Waals surface area (Å²) in [6.07, 6.45) is 6.20. The molecular formula is C22H28NOV-. The molecule has 3 heteroatoms. The summed E-state index contributed by atoms with van der Waals surface area (Å²) < 4.78 is 2.30. The Morgan fingerprint density at radius 3 is 2.12 bits per heavy atom. The van der Waals surface area contributed by atoms with Crippen molar-refractivity contribution in [3.8, 4) is 0 Å². The Balaban J connectivity index is 0.000000410. The molecule has 3 rings (SSSR count). The predicted octanol–water partition coefficient (Wildman–Crippen LogP) is 5.78. The molecule has 0 aliphatic heterocycles. The van der Waals surface area contributed by atoms with Gasteiger partial charge in [0.15, 0.2) is 0 Å². The summed E-state index contributed by atoms with van der Waals surface area (Å²) in [6.45, 7) is 9.40. The molecular weight excluding hydrogens is 345 g/mol. The van der Waals surface area contributed by atoms with Gasteiger partial charge < -0.3 is 9.36 Å². The molecule has 0 N–H and O–H groups in total. The monoisotopic (exact) mass is 373 g/mol. The van der Waals surface area contributed by atoms with Crippen LogP contribution in [0.2, 0.25) is 0 Å². The minimum atomic E-state index is 0. The molecule has 133 valence electrons. The maximum Gasteiger partial charge on any atom is 0.0627 e. The first-order valence-electron chi connectivity index (χ1n) is 8.79. The van der Waals surface area contributed by atoms with E-state index in [4.69, 9.17) is 0 Å². The average Bonchev–Trinajstić information content (AvgIpc) is 3.07. The number of benzene rings is 2. The fraction of sp³-hybridized carbons (Fsp3) is 0.318. The molecule has 1 heterocycles. The summed E-state index contributed by atoms with van der Waals surface area (Å²) in [5.74, 6) is 0. The van der Waals surface area contributed by atoms with Crippen molar-refractivity contribution in [2.45, 2.75) is 47.1 Å². The van der Waals surface area contributed by atoms with Gasteiger partial charge in [0.05, 0.1) is 6.29 Å². The Labute approximate surface area is 164 Å². The third-order valence-corrected chi connectivity index (χ3v) is 3.62. The van der Waals surface area contributed by atoms with Gasteiger partial charge in [-0.25, -0.2) is 0 Å². The van der Waals surface area contributed by atoms with Crippen LogP contribution in [-0.2, 0) is 36.3 Å². The Hall–Kier alpha value is -1.77. The standard InChI is InChI=1S/C11H13N.C9H9O.C2H6.V/c1-2-8-12-9-7-10-5-3-4-6-11(10)12;1-2-8-3-5-9(7-10)6-4-8;1-2;/h3-7,9H,2,8H2,1H3;3-6H,2H2,1H3;1-2H3;/q;-1;;. The minimum Gasteiger partial charge on any atom is -0.376 e. The third-order valence-electron chi connectivity index (χ3n) is 3.62. The molecule has 0 bridgehead atoms. The quantitative estimate of drug-likeness (QED) is 0.531. The number of fused-ring (bicyclic) bond motifs is 1. The average molecular weight is 373 g/mol. The van der Waals surface area contributed by atoms with Gasteiger partial charge in [-0.1, -0.05) is 51.5 Å². The number of aryl methyl sites for hydroxylation is 2. The maximum atomic E-state index is 10.1. The van der Waals surface area contributed by atoms with Crippen LogP contribution in [0.25, 0.3) is 10.9 Å². The van der Waals surface area contributed by atoms with E-state index in [1.165, 1.54) is 22.9 Å². The molecule has 0 aliphatic rings. The Morgan fingerprint density at radius 2 is 1.56 bits per heavy atom. The van der Waals surface area contributed by atoms with Gasteiger partial charge in [-0.05, 0) is 30.4 Å². The van der Waals surface area contributed by atoms with Gasteiger partial charge in [-0.3, -0.25) is 0 Å². The molecule has 0 fully saturated rings. The van der Waals surface area contributed by atoms with Gasteiger partial charge in [-0.15, -0.1) is 12.1 Å². The SMILES string of the molecule is CC.CCCn1ccc2ccccc21.CCc1ccc([C-]=O)cc1.[V]. The summed E-state index contributed by atoms with van der Waals surface area (Å²) in [4.78, 5) is 10.1. The van der Waals surface area contributed by atoms with Crippen LogP contribution in [0.4, 0.5) is 0 Å². The summed E-state index contributed by atoms with van der Waals surface area (Å²) in [5, 5.41) is 1.34. The second-order valence-corrected chi connectivity index (χ2v) is 5.22. The number of nitrogens with zero attached hydrogens (tertiary/aromatic N) is 1. The molecule has 3 aromatic rings. The van der Waals surface area contributed by atoms with E-state index in [-0.39, 0.29) is 18.6 Å². The molecule has 2 nitrogen and oxygen atoms in total. The van der Waals surface area contributed by atoms with Crippen molar-refractivity contribution >= 4 is 17.2 Å². The van der Waals surface area contributed by atoms with E-state index in [1.807, 2.05) is 32.3 Å². The molecule has 0 atom stereocenters. The summed E-state index contributed by atoms with van der Waals surface area (Å²) in [7, 11) is 0. The predicted molar refractivity (Wildman–Crippen MR) is 104 cm³/mol. The van der Waals surface area contributed by atoms with E-state index in [1.54, 1.807) is 12.1 Å². The summed E-state index contributed by atoms with van der Waals surface area (Å²) in [6, 6.07) is 18.1. The van der Waals surface area contributed by atoms with Gasteiger partial charge in [0.2, 0.25) is 0 Å². The molecule has 0 spiro atoms. The van der Waals surface area contributed by atoms with Gasteiger partial charge in [-0.2, -0.15) is 17.7 Å².